The molecule has 6 heteroatoms. The van der Waals surface area contributed by atoms with Crippen LogP contribution < -0.4 is 5.32 Å². The Hall–Kier alpha value is -2.21. The van der Waals surface area contributed by atoms with Gasteiger partial charge in [-0.25, -0.2) is 4.98 Å². The second-order valence-corrected chi connectivity index (χ2v) is 8.28. The smallest absolute Gasteiger partial charge is 0.259 e. The first-order valence-electron chi connectivity index (χ1n) is 9.16. The molecule has 5 nitrogen and oxygen atoms in total. The topological polar surface area (TPSA) is 68.0 Å². The van der Waals surface area contributed by atoms with Crippen molar-refractivity contribution in [1.29, 1.82) is 0 Å². The minimum absolute atomic E-state index is 0.0625. The minimum atomic E-state index is -0.0625. The molecule has 3 aromatic rings. The first-order valence-corrected chi connectivity index (χ1v) is 10.0. The lowest BCUT2D eigenvalue weighted by atomic mass is 9.78. The van der Waals surface area contributed by atoms with E-state index in [0.29, 0.717) is 34.2 Å². The lowest BCUT2D eigenvalue weighted by Gasteiger charge is -2.34. The molecule has 0 aliphatic heterocycles. The summed E-state index contributed by atoms with van der Waals surface area (Å²) in [6, 6.07) is 6.04. The Labute approximate surface area is 156 Å². The Morgan fingerprint density at radius 1 is 1.35 bits per heavy atom. The number of amides is 1. The lowest BCUT2D eigenvalue weighted by molar-refractivity contribution is 0.0892. The maximum atomic E-state index is 13.1. The van der Waals surface area contributed by atoms with Gasteiger partial charge in [-0.1, -0.05) is 37.9 Å². The zero-order chi connectivity index (χ0) is 18.3. The number of fused-ring (bicyclic) bond motifs is 1. The summed E-state index contributed by atoms with van der Waals surface area (Å²) in [6.45, 7) is 6.35. The Balaban J connectivity index is 1.72. The molecule has 136 valence electrons. The van der Waals surface area contributed by atoms with E-state index in [1.54, 1.807) is 11.3 Å². The summed E-state index contributed by atoms with van der Waals surface area (Å²) < 4.78 is 5.37. The van der Waals surface area contributed by atoms with Gasteiger partial charge in [-0.05, 0) is 42.7 Å². The van der Waals surface area contributed by atoms with E-state index < -0.39 is 0 Å². The van der Waals surface area contributed by atoms with Gasteiger partial charge >= 0.3 is 0 Å². The molecule has 0 unspecified atom stereocenters. The summed E-state index contributed by atoms with van der Waals surface area (Å²) in [5, 5.41) is 9.99. The molecule has 1 aliphatic rings. The zero-order valence-corrected chi connectivity index (χ0v) is 16.1. The highest BCUT2D eigenvalue weighted by Crippen LogP contribution is 2.32. The molecular weight excluding hydrogens is 346 g/mol. The molecular formula is C20H23N3O2S. The zero-order valence-electron chi connectivity index (χ0n) is 15.3. The van der Waals surface area contributed by atoms with Gasteiger partial charge in [0, 0.05) is 6.04 Å². The SMILES string of the molecule is Cc1noc2nc(-c3cccs3)cc(C(=O)N[C@H]3CCC[C@H](C)[C@@H]3C)c12. The number of thiophene rings is 1. The van der Waals surface area contributed by atoms with Crippen molar-refractivity contribution in [1.82, 2.24) is 15.5 Å². The Kier molecular flexibility index (Phi) is 4.53. The Morgan fingerprint density at radius 2 is 2.19 bits per heavy atom. The normalized spacial score (nSPS) is 23.3. The van der Waals surface area contributed by atoms with Crippen molar-refractivity contribution in [2.45, 2.75) is 46.1 Å². The number of hydrogen-bond donors (Lipinski definition) is 1. The van der Waals surface area contributed by atoms with Crippen LogP contribution in [0.25, 0.3) is 21.7 Å². The number of carbonyl (C=O) groups is 1. The molecule has 1 amide bonds. The largest absolute Gasteiger partial charge is 0.349 e. The van der Waals surface area contributed by atoms with Crippen molar-refractivity contribution in [2.75, 3.05) is 0 Å². The van der Waals surface area contributed by atoms with E-state index >= 15 is 0 Å². The predicted molar refractivity (Wildman–Crippen MR) is 103 cm³/mol. The Bertz CT molecular complexity index is 932. The van der Waals surface area contributed by atoms with Crippen molar-refractivity contribution in [3.63, 3.8) is 0 Å². The summed E-state index contributed by atoms with van der Waals surface area (Å²) in [5.74, 6) is 1.04. The highest BCUT2D eigenvalue weighted by Gasteiger charge is 2.29. The van der Waals surface area contributed by atoms with E-state index in [0.717, 1.165) is 23.4 Å². The van der Waals surface area contributed by atoms with Gasteiger partial charge in [-0.2, -0.15) is 0 Å². The van der Waals surface area contributed by atoms with Crippen LogP contribution in [0.2, 0.25) is 0 Å². The van der Waals surface area contributed by atoms with Crippen LogP contribution in [-0.2, 0) is 0 Å². The minimum Gasteiger partial charge on any atom is -0.349 e. The maximum Gasteiger partial charge on any atom is 0.259 e. The monoisotopic (exact) mass is 369 g/mol. The summed E-state index contributed by atoms with van der Waals surface area (Å²) in [5.41, 5.74) is 2.46. The van der Waals surface area contributed by atoms with Crippen LogP contribution in [0.3, 0.4) is 0 Å². The highest BCUT2D eigenvalue weighted by molar-refractivity contribution is 7.13. The number of hydrogen-bond acceptors (Lipinski definition) is 5. The lowest BCUT2D eigenvalue weighted by Crippen LogP contribution is -2.43. The van der Waals surface area contributed by atoms with Crippen molar-refractivity contribution >= 4 is 28.3 Å². The summed E-state index contributed by atoms with van der Waals surface area (Å²) in [6.07, 6.45) is 3.43. The number of aromatic nitrogens is 2. The molecule has 1 N–H and O–H groups in total. The second-order valence-electron chi connectivity index (χ2n) is 7.33. The molecule has 0 spiro atoms. The van der Waals surface area contributed by atoms with E-state index in [1.165, 1.54) is 6.42 Å². The quantitative estimate of drug-likeness (QED) is 0.719. The summed E-state index contributed by atoms with van der Waals surface area (Å²) >= 11 is 1.59. The van der Waals surface area contributed by atoms with Crippen LogP contribution in [0.1, 0.15) is 49.2 Å². The number of carbonyl (C=O) groups excluding carboxylic acids is 1. The van der Waals surface area contributed by atoms with Crippen LogP contribution in [0.5, 0.6) is 0 Å². The molecule has 0 radical (unpaired) electrons. The van der Waals surface area contributed by atoms with Crippen LogP contribution in [0.15, 0.2) is 28.1 Å². The van der Waals surface area contributed by atoms with Gasteiger partial charge < -0.3 is 9.84 Å². The van der Waals surface area contributed by atoms with Crippen molar-refractivity contribution in [3.05, 3.63) is 34.8 Å². The van der Waals surface area contributed by atoms with E-state index in [1.807, 2.05) is 30.5 Å². The third-order valence-corrected chi connectivity index (χ3v) is 6.55. The van der Waals surface area contributed by atoms with Crippen molar-refractivity contribution in [3.8, 4) is 10.6 Å². The van der Waals surface area contributed by atoms with Gasteiger partial charge in [0.25, 0.3) is 11.6 Å². The number of pyridine rings is 1. The highest BCUT2D eigenvalue weighted by atomic mass is 32.1. The van der Waals surface area contributed by atoms with E-state index in [9.17, 15) is 4.79 Å². The molecule has 1 aliphatic carbocycles. The molecule has 4 rings (SSSR count). The van der Waals surface area contributed by atoms with Gasteiger partial charge in [0.15, 0.2) is 0 Å². The van der Waals surface area contributed by atoms with Crippen LogP contribution in [-0.4, -0.2) is 22.1 Å². The third kappa shape index (κ3) is 3.03. The first-order chi connectivity index (χ1) is 12.5. The van der Waals surface area contributed by atoms with Crippen LogP contribution in [0, 0.1) is 18.8 Å². The molecule has 3 atom stereocenters. The van der Waals surface area contributed by atoms with Gasteiger partial charge in [-0.15, -0.1) is 11.3 Å². The number of nitrogens with zero attached hydrogens (tertiary/aromatic N) is 2. The standard InChI is InChI=1S/C20H23N3O2S/c1-11-6-4-7-15(12(11)2)21-19(24)14-10-16(17-8-5-9-26-17)22-20-18(14)13(3)23-25-20/h5,8-12,15H,4,6-7H2,1-3H3,(H,21,24)/t11-,12-,15-/m0/s1. The fourth-order valence-corrected chi connectivity index (χ4v) is 4.54. The average Bonchev–Trinajstić information content (AvgIpc) is 3.28. The molecule has 3 aromatic heterocycles. The fraction of sp³-hybridized carbons (Fsp3) is 0.450. The van der Waals surface area contributed by atoms with E-state index in [2.05, 4.69) is 29.3 Å². The molecule has 3 heterocycles. The molecule has 1 saturated carbocycles. The number of rotatable bonds is 3. The molecule has 0 saturated heterocycles. The predicted octanol–water partition coefficient (Wildman–Crippen LogP) is 4.81. The number of aryl methyl sites for hydroxylation is 1. The molecule has 1 fully saturated rings. The van der Waals surface area contributed by atoms with Crippen LogP contribution in [0.4, 0.5) is 0 Å². The summed E-state index contributed by atoms with van der Waals surface area (Å²) in [4.78, 5) is 18.7. The van der Waals surface area contributed by atoms with E-state index in [-0.39, 0.29) is 11.9 Å². The van der Waals surface area contributed by atoms with Crippen LogP contribution >= 0.6 is 11.3 Å². The maximum absolute atomic E-state index is 13.1. The number of nitrogens with one attached hydrogen (secondary N) is 1. The van der Waals surface area contributed by atoms with Crippen molar-refractivity contribution < 1.29 is 9.32 Å². The average molecular weight is 369 g/mol. The van der Waals surface area contributed by atoms with E-state index in [4.69, 9.17) is 4.52 Å². The third-order valence-electron chi connectivity index (χ3n) is 5.66. The van der Waals surface area contributed by atoms with Crippen molar-refractivity contribution in [2.24, 2.45) is 11.8 Å². The first kappa shape index (κ1) is 17.2. The second kappa shape index (κ2) is 6.83. The Morgan fingerprint density at radius 3 is 2.96 bits per heavy atom. The summed E-state index contributed by atoms with van der Waals surface area (Å²) in [7, 11) is 0. The van der Waals surface area contributed by atoms with Gasteiger partial charge in [-0.3, -0.25) is 4.79 Å². The van der Waals surface area contributed by atoms with Gasteiger partial charge in [0.1, 0.15) is 0 Å². The molecule has 26 heavy (non-hydrogen) atoms. The van der Waals surface area contributed by atoms with Gasteiger partial charge in [0.05, 0.1) is 27.2 Å². The molecule has 0 bridgehead atoms. The van der Waals surface area contributed by atoms with Gasteiger partial charge in [0.2, 0.25) is 0 Å². The molecule has 0 aromatic carbocycles. The fourth-order valence-electron chi connectivity index (χ4n) is 3.86.